The molecule has 8 nitrogen and oxygen atoms in total. The van der Waals surface area contributed by atoms with Crippen LogP contribution in [0.1, 0.15) is 53.6 Å². The molecule has 1 unspecified atom stereocenters. The Morgan fingerprint density at radius 1 is 1.29 bits per heavy atom. The van der Waals surface area contributed by atoms with E-state index in [0.717, 1.165) is 29.5 Å². The van der Waals surface area contributed by atoms with Crippen molar-refractivity contribution in [3.05, 3.63) is 39.8 Å². The fourth-order valence-corrected chi connectivity index (χ4v) is 3.67. The number of aromatic nitrogens is 1. The van der Waals surface area contributed by atoms with E-state index in [-0.39, 0.29) is 12.0 Å². The van der Waals surface area contributed by atoms with Crippen molar-refractivity contribution < 1.29 is 19.0 Å². The average Bonchev–Trinajstić information content (AvgIpc) is 3.16. The van der Waals surface area contributed by atoms with E-state index >= 15 is 0 Å². The van der Waals surface area contributed by atoms with Crippen molar-refractivity contribution in [3.8, 4) is 11.5 Å². The summed E-state index contributed by atoms with van der Waals surface area (Å²) in [5.41, 5.74) is 0.684. The number of esters is 1. The van der Waals surface area contributed by atoms with Crippen LogP contribution in [0.5, 0.6) is 11.5 Å². The minimum atomic E-state index is -0.326. The Labute approximate surface area is 188 Å². The summed E-state index contributed by atoms with van der Waals surface area (Å²) in [6.45, 7) is 9.87. The molecule has 2 N–H and O–H groups in total. The number of benzene rings is 1. The third-order valence-corrected chi connectivity index (χ3v) is 5.54. The van der Waals surface area contributed by atoms with E-state index in [9.17, 15) is 4.79 Å². The molecule has 170 valence electrons. The highest BCUT2D eigenvalue weighted by atomic mass is 32.1. The van der Waals surface area contributed by atoms with Crippen LogP contribution < -0.4 is 20.1 Å². The number of guanidine groups is 1. The smallest absolute Gasteiger partial charge is 0.350 e. The molecule has 0 amide bonds. The second-order valence-corrected chi connectivity index (χ2v) is 7.73. The van der Waals surface area contributed by atoms with Crippen LogP contribution in [0.15, 0.2) is 29.3 Å². The zero-order chi connectivity index (χ0) is 22.6. The first-order valence-electron chi connectivity index (χ1n) is 10.4. The number of nitrogens with zero attached hydrogens (tertiary/aromatic N) is 2. The highest BCUT2D eigenvalue weighted by Gasteiger charge is 2.20. The molecule has 0 radical (unpaired) electrons. The van der Waals surface area contributed by atoms with Gasteiger partial charge in [0.2, 0.25) is 0 Å². The van der Waals surface area contributed by atoms with Crippen LogP contribution in [-0.4, -0.2) is 50.3 Å². The maximum Gasteiger partial charge on any atom is 0.350 e. The number of aryl methyl sites for hydroxylation is 1. The van der Waals surface area contributed by atoms with Crippen LogP contribution in [0.4, 0.5) is 0 Å². The molecule has 0 spiro atoms. The predicted molar refractivity (Wildman–Crippen MR) is 123 cm³/mol. The Kier molecular flexibility index (Phi) is 10.1. The van der Waals surface area contributed by atoms with Crippen LogP contribution in [0, 0.1) is 6.92 Å². The van der Waals surface area contributed by atoms with Gasteiger partial charge in [-0.15, -0.1) is 11.3 Å². The van der Waals surface area contributed by atoms with Gasteiger partial charge in [-0.1, -0.05) is 6.07 Å². The van der Waals surface area contributed by atoms with Crippen molar-refractivity contribution in [3.63, 3.8) is 0 Å². The van der Waals surface area contributed by atoms with E-state index in [1.807, 2.05) is 45.0 Å². The molecule has 1 aromatic heterocycles. The highest BCUT2D eigenvalue weighted by molar-refractivity contribution is 7.13. The van der Waals surface area contributed by atoms with Gasteiger partial charge in [-0.3, -0.25) is 4.99 Å². The second-order valence-electron chi connectivity index (χ2n) is 6.69. The van der Waals surface area contributed by atoms with Crippen molar-refractivity contribution in [2.45, 2.75) is 40.2 Å². The van der Waals surface area contributed by atoms with Crippen molar-refractivity contribution in [1.82, 2.24) is 15.6 Å². The Balaban J connectivity index is 1.88. The normalized spacial score (nSPS) is 12.2. The average molecular weight is 449 g/mol. The summed E-state index contributed by atoms with van der Waals surface area (Å²) in [7, 11) is 1.63. The van der Waals surface area contributed by atoms with Crippen molar-refractivity contribution in [1.29, 1.82) is 0 Å². The highest BCUT2D eigenvalue weighted by Crippen LogP contribution is 2.24. The molecule has 0 aliphatic carbocycles. The Morgan fingerprint density at radius 2 is 2.06 bits per heavy atom. The SMILES string of the molecule is CCNC(=NCCCOc1cccc(OC)c1)NC(C)c1nc(C)c(C(=O)OCC)s1. The van der Waals surface area contributed by atoms with Gasteiger partial charge in [-0.05, 0) is 39.8 Å². The van der Waals surface area contributed by atoms with Gasteiger partial charge in [0.15, 0.2) is 5.96 Å². The van der Waals surface area contributed by atoms with Crippen LogP contribution in [0.25, 0.3) is 0 Å². The third-order valence-electron chi connectivity index (χ3n) is 4.22. The van der Waals surface area contributed by atoms with Gasteiger partial charge in [0.25, 0.3) is 0 Å². The lowest BCUT2D eigenvalue weighted by Crippen LogP contribution is -2.38. The number of rotatable bonds is 11. The van der Waals surface area contributed by atoms with E-state index < -0.39 is 0 Å². The molecular weight excluding hydrogens is 416 g/mol. The van der Waals surface area contributed by atoms with Crippen molar-refractivity contribution in [2.24, 2.45) is 4.99 Å². The van der Waals surface area contributed by atoms with Crippen molar-refractivity contribution in [2.75, 3.05) is 33.4 Å². The minimum absolute atomic E-state index is 0.0993. The topological polar surface area (TPSA) is 94.1 Å². The molecule has 0 saturated heterocycles. The Bertz CT molecular complexity index is 869. The molecule has 0 aliphatic heterocycles. The first-order valence-corrected chi connectivity index (χ1v) is 11.3. The van der Waals surface area contributed by atoms with Gasteiger partial charge in [0, 0.05) is 25.6 Å². The quantitative estimate of drug-likeness (QED) is 0.234. The van der Waals surface area contributed by atoms with Crippen LogP contribution >= 0.6 is 11.3 Å². The van der Waals surface area contributed by atoms with E-state index in [1.165, 1.54) is 11.3 Å². The number of ether oxygens (including phenoxy) is 3. The molecule has 2 aromatic rings. The number of methoxy groups -OCH3 is 1. The lowest BCUT2D eigenvalue weighted by atomic mass is 10.3. The number of carbonyl (C=O) groups excluding carboxylic acids is 1. The van der Waals surface area contributed by atoms with E-state index in [4.69, 9.17) is 14.2 Å². The maximum absolute atomic E-state index is 12.0. The van der Waals surface area contributed by atoms with Crippen LogP contribution in [0.3, 0.4) is 0 Å². The molecule has 1 heterocycles. The molecule has 2 rings (SSSR count). The lowest BCUT2D eigenvalue weighted by molar-refractivity contribution is 0.0531. The van der Waals surface area contributed by atoms with Gasteiger partial charge < -0.3 is 24.8 Å². The standard InChI is InChI=1S/C22H32N4O4S/c1-6-23-22(24-12-9-13-30-18-11-8-10-17(14-18)28-5)26-16(4)20-25-15(3)19(31-20)21(27)29-7-2/h8,10-11,14,16H,6-7,9,12-13H2,1-5H3,(H2,23,24,26). The number of carbonyl (C=O) groups is 1. The van der Waals surface area contributed by atoms with Gasteiger partial charge in [-0.25, -0.2) is 9.78 Å². The second kappa shape index (κ2) is 12.8. The fourth-order valence-electron chi connectivity index (χ4n) is 2.71. The van der Waals surface area contributed by atoms with E-state index in [2.05, 4.69) is 20.6 Å². The number of hydrogen-bond acceptors (Lipinski definition) is 7. The molecule has 31 heavy (non-hydrogen) atoms. The van der Waals surface area contributed by atoms with E-state index in [0.29, 0.717) is 36.3 Å². The Hall–Kier alpha value is -2.81. The van der Waals surface area contributed by atoms with Crippen LogP contribution in [0.2, 0.25) is 0 Å². The molecule has 0 bridgehead atoms. The summed E-state index contributed by atoms with van der Waals surface area (Å²) in [5.74, 6) is 1.92. The maximum atomic E-state index is 12.0. The van der Waals surface area contributed by atoms with E-state index in [1.54, 1.807) is 14.0 Å². The lowest BCUT2D eigenvalue weighted by Gasteiger charge is -2.16. The van der Waals surface area contributed by atoms with Gasteiger partial charge in [0.05, 0.1) is 32.1 Å². The summed E-state index contributed by atoms with van der Waals surface area (Å²) in [6, 6.07) is 7.44. The zero-order valence-corrected chi connectivity index (χ0v) is 19.7. The third kappa shape index (κ3) is 7.75. The van der Waals surface area contributed by atoms with Gasteiger partial charge in [-0.2, -0.15) is 0 Å². The largest absolute Gasteiger partial charge is 0.497 e. The van der Waals surface area contributed by atoms with Crippen molar-refractivity contribution >= 4 is 23.3 Å². The molecule has 0 fully saturated rings. The predicted octanol–water partition coefficient (Wildman–Crippen LogP) is 3.72. The first kappa shape index (κ1) is 24.5. The minimum Gasteiger partial charge on any atom is -0.497 e. The summed E-state index contributed by atoms with van der Waals surface area (Å²) in [5, 5.41) is 7.40. The number of nitrogens with one attached hydrogen (secondary N) is 2. The molecule has 9 heteroatoms. The molecule has 1 aromatic carbocycles. The fraction of sp³-hybridized carbons (Fsp3) is 0.500. The summed E-state index contributed by atoms with van der Waals surface area (Å²) in [4.78, 5) is 21.7. The monoisotopic (exact) mass is 448 g/mol. The van der Waals surface area contributed by atoms with Gasteiger partial charge in [0.1, 0.15) is 21.4 Å². The summed E-state index contributed by atoms with van der Waals surface area (Å²) >= 11 is 1.35. The summed E-state index contributed by atoms with van der Waals surface area (Å²) < 4.78 is 16.1. The number of aliphatic imine (C=N–C) groups is 1. The first-order chi connectivity index (χ1) is 15.0. The Morgan fingerprint density at radius 3 is 2.77 bits per heavy atom. The molecular formula is C22H32N4O4S. The zero-order valence-electron chi connectivity index (χ0n) is 18.9. The number of thiazole rings is 1. The molecule has 0 aliphatic rings. The number of hydrogen-bond donors (Lipinski definition) is 2. The molecule has 1 atom stereocenters. The molecule has 0 saturated carbocycles. The van der Waals surface area contributed by atoms with Crippen LogP contribution in [-0.2, 0) is 4.74 Å². The van der Waals surface area contributed by atoms with Gasteiger partial charge >= 0.3 is 5.97 Å². The summed E-state index contributed by atoms with van der Waals surface area (Å²) in [6.07, 6.45) is 0.769.